The van der Waals surface area contributed by atoms with Gasteiger partial charge in [0.15, 0.2) is 6.10 Å². The Morgan fingerprint density at radius 1 is 1.09 bits per heavy atom. The second-order valence-corrected chi connectivity index (χ2v) is 4.93. The van der Waals surface area contributed by atoms with Crippen molar-refractivity contribution in [2.45, 2.75) is 19.4 Å². The van der Waals surface area contributed by atoms with Crippen molar-refractivity contribution < 1.29 is 23.1 Å². The number of benzene rings is 2. The highest BCUT2D eigenvalue weighted by molar-refractivity contribution is 5.95. The monoisotopic (exact) mass is 319 g/mol. The van der Waals surface area contributed by atoms with Crippen LogP contribution in [0.1, 0.15) is 12.5 Å². The second kappa shape index (κ2) is 7.49. The van der Waals surface area contributed by atoms with Crippen LogP contribution in [-0.2, 0) is 20.7 Å². The zero-order valence-corrected chi connectivity index (χ0v) is 12.4. The van der Waals surface area contributed by atoms with Crippen LogP contribution in [-0.4, -0.2) is 18.0 Å². The third-order valence-electron chi connectivity index (χ3n) is 3.03. The van der Waals surface area contributed by atoms with E-state index >= 15 is 0 Å². The minimum Gasteiger partial charge on any atom is -0.452 e. The summed E-state index contributed by atoms with van der Waals surface area (Å²) in [5.74, 6) is -2.04. The number of ether oxygens (including phenoxy) is 1. The van der Waals surface area contributed by atoms with Gasteiger partial charge >= 0.3 is 5.97 Å². The van der Waals surface area contributed by atoms with E-state index in [1.807, 2.05) is 0 Å². The van der Waals surface area contributed by atoms with Crippen molar-refractivity contribution in [3.05, 3.63) is 65.7 Å². The molecule has 0 aliphatic rings. The Hall–Kier alpha value is -2.76. The Kier molecular flexibility index (Phi) is 5.41. The number of carbonyl (C=O) groups is 2. The highest BCUT2D eigenvalue weighted by atomic mass is 19.1. The van der Waals surface area contributed by atoms with Gasteiger partial charge in [0.25, 0.3) is 5.91 Å². The second-order valence-electron chi connectivity index (χ2n) is 4.93. The lowest BCUT2D eigenvalue weighted by molar-refractivity contribution is -0.152. The SMILES string of the molecule is C[C@H](OC(=O)Cc1cccc(F)c1)C(=O)Nc1ccc(F)cc1. The molecule has 0 aliphatic heterocycles. The summed E-state index contributed by atoms with van der Waals surface area (Å²) < 4.78 is 30.8. The van der Waals surface area contributed by atoms with Crippen LogP contribution in [0.25, 0.3) is 0 Å². The van der Waals surface area contributed by atoms with Crippen LogP contribution in [0.4, 0.5) is 14.5 Å². The van der Waals surface area contributed by atoms with Crippen LogP contribution in [0.5, 0.6) is 0 Å². The fourth-order valence-electron chi connectivity index (χ4n) is 1.88. The van der Waals surface area contributed by atoms with Gasteiger partial charge in [0.2, 0.25) is 0 Å². The maximum Gasteiger partial charge on any atom is 0.311 e. The van der Waals surface area contributed by atoms with Crippen LogP contribution in [0.2, 0.25) is 0 Å². The lowest BCUT2D eigenvalue weighted by atomic mass is 10.1. The third-order valence-corrected chi connectivity index (χ3v) is 3.03. The summed E-state index contributed by atoms with van der Waals surface area (Å²) in [5, 5.41) is 2.50. The normalized spacial score (nSPS) is 11.6. The molecule has 0 aliphatic carbocycles. The van der Waals surface area contributed by atoms with E-state index in [4.69, 9.17) is 4.74 Å². The highest BCUT2D eigenvalue weighted by Crippen LogP contribution is 2.10. The summed E-state index contributed by atoms with van der Waals surface area (Å²) in [4.78, 5) is 23.7. The van der Waals surface area contributed by atoms with Gasteiger partial charge in [0, 0.05) is 5.69 Å². The topological polar surface area (TPSA) is 55.4 Å². The van der Waals surface area contributed by atoms with Crippen molar-refractivity contribution in [3.63, 3.8) is 0 Å². The third kappa shape index (κ3) is 5.18. The maximum absolute atomic E-state index is 13.0. The Balaban J connectivity index is 1.87. The first kappa shape index (κ1) is 16.6. The smallest absolute Gasteiger partial charge is 0.311 e. The quantitative estimate of drug-likeness (QED) is 0.862. The average Bonchev–Trinajstić information content (AvgIpc) is 2.49. The molecule has 23 heavy (non-hydrogen) atoms. The zero-order chi connectivity index (χ0) is 16.8. The molecule has 2 aromatic rings. The molecule has 120 valence electrons. The van der Waals surface area contributed by atoms with E-state index in [2.05, 4.69) is 5.32 Å². The number of halogens is 2. The van der Waals surface area contributed by atoms with Crippen molar-refractivity contribution in [1.29, 1.82) is 0 Å². The number of hydrogen-bond acceptors (Lipinski definition) is 3. The molecular formula is C17H15F2NO3. The number of nitrogens with one attached hydrogen (secondary N) is 1. The molecule has 0 bridgehead atoms. The van der Waals surface area contributed by atoms with Gasteiger partial charge in [-0.05, 0) is 48.9 Å². The lowest BCUT2D eigenvalue weighted by Crippen LogP contribution is -2.30. The standard InChI is InChI=1S/C17H15F2NO3/c1-11(17(22)20-15-7-5-13(18)6-8-15)23-16(21)10-12-3-2-4-14(19)9-12/h2-9,11H,10H2,1H3,(H,20,22)/t11-/m0/s1. The van der Waals surface area contributed by atoms with Gasteiger partial charge in [-0.3, -0.25) is 9.59 Å². The van der Waals surface area contributed by atoms with Gasteiger partial charge in [0.05, 0.1) is 6.42 Å². The largest absolute Gasteiger partial charge is 0.452 e. The van der Waals surface area contributed by atoms with E-state index in [1.54, 1.807) is 6.07 Å². The molecule has 0 radical (unpaired) electrons. The van der Waals surface area contributed by atoms with E-state index < -0.39 is 29.6 Å². The summed E-state index contributed by atoms with van der Waals surface area (Å²) in [7, 11) is 0. The summed E-state index contributed by atoms with van der Waals surface area (Å²) in [6.07, 6.45) is -1.16. The van der Waals surface area contributed by atoms with Crippen LogP contribution >= 0.6 is 0 Å². The van der Waals surface area contributed by atoms with E-state index in [1.165, 1.54) is 49.4 Å². The molecular weight excluding hydrogens is 304 g/mol. The predicted octanol–water partition coefficient (Wildman–Crippen LogP) is 3.08. The van der Waals surface area contributed by atoms with E-state index in [9.17, 15) is 18.4 Å². The maximum atomic E-state index is 13.0. The van der Waals surface area contributed by atoms with Gasteiger partial charge in [-0.2, -0.15) is 0 Å². The van der Waals surface area contributed by atoms with Gasteiger partial charge in [-0.25, -0.2) is 8.78 Å². The number of esters is 1. The molecule has 0 fully saturated rings. The van der Waals surface area contributed by atoms with Crippen molar-refractivity contribution >= 4 is 17.6 Å². The average molecular weight is 319 g/mol. The molecule has 0 saturated heterocycles. The Morgan fingerprint density at radius 3 is 2.43 bits per heavy atom. The molecule has 0 saturated carbocycles. The summed E-state index contributed by atoms with van der Waals surface area (Å²) >= 11 is 0. The minimum absolute atomic E-state index is 0.133. The Morgan fingerprint density at radius 2 is 1.78 bits per heavy atom. The summed E-state index contributed by atoms with van der Waals surface area (Å²) in [6, 6.07) is 10.8. The molecule has 1 amide bonds. The fraction of sp³-hybridized carbons (Fsp3) is 0.176. The number of anilines is 1. The van der Waals surface area contributed by atoms with Crippen molar-refractivity contribution in [2.75, 3.05) is 5.32 Å². The molecule has 4 nitrogen and oxygen atoms in total. The Bertz CT molecular complexity index is 701. The number of amides is 1. The molecule has 2 rings (SSSR count). The molecule has 0 aromatic heterocycles. The summed E-state index contributed by atoms with van der Waals surface area (Å²) in [5.41, 5.74) is 0.852. The van der Waals surface area contributed by atoms with Crippen LogP contribution in [0.3, 0.4) is 0 Å². The van der Waals surface area contributed by atoms with E-state index in [0.29, 0.717) is 11.3 Å². The molecule has 1 atom stereocenters. The molecule has 0 unspecified atom stereocenters. The first-order valence-corrected chi connectivity index (χ1v) is 6.94. The van der Waals surface area contributed by atoms with Crippen LogP contribution in [0.15, 0.2) is 48.5 Å². The molecule has 1 N–H and O–H groups in total. The summed E-state index contributed by atoms with van der Waals surface area (Å²) in [6.45, 7) is 1.42. The van der Waals surface area contributed by atoms with Crippen molar-refractivity contribution in [1.82, 2.24) is 0 Å². The lowest BCUT2D eigenvalue weighted by Gasteiger charge is -2.13. The number of carbonyl (C=O) groups excluding carboxylic acids is 2. The van der Waals surface area contributed by atoms with Crippen LogP contribution < -0.4 is 5.32 Å². The van der Waals surface area contributed by atoms with E-state index in [-0.39, 0.29) is 6.42 Å². The fourth-order valence-corrected chi connectivity index (χ4v) is 1.88. The van der Waals surface area contributed by atoms with Crippen molar-refractivity contribution in [3.8, 4) is 0 Å². The predicted molar refractivity (Wildman–Crippen MR) is 80.7 cm³/mol. The van der Waals surface area contributed by atoms with Gasteiger partial charge in [-0.1, -0.05) is 12.1 Å². The first-order chi connectivity index (χ1) is 10.9. The molecule has 0 heterocycles. The van der Waals surface area contributed by atoms with Crippen LogP contribution in [0, 0.1) is 11.6 Å². The van der Waals surface area contributed by atoms with Gasteiger partial charge in [0.1, 0.15) is 11.6 Å². The Labute approximate surface area is 132 Å². The number of hydrogen-bond donors (Lipinski definition) is 1. The first-order valence-electron chi connectivity index (χ1n) is 6.94. The minimum atomic E-state index is -1.03. The molecule has 2 aromatic carbocycles. The van der Waals surface area contributed by atoms with Crippen molar-refractivity contribution in [2.24, 2.45) is 0 Å². The number of rotatable bonds is 5. The highest BCUT2D eigenvalue weighted by Gasteiger charge is 2.18. The zero-order valence-electron chi connectivity index (χ0n) is 12.4. The van der Waals surface area contributed by atoms with Gasteiger partial charge < -0.3 is 10.1 Å². The van der Waals surface area contributed by atoms with Gasteiger partial charge in [-0.15, -0.1) is 0 Å². The molecule has 0 spiro atoms. The molecule has 6 heteroatoms. The van der Waals surface area contributed by atoms with E-state index in [0.717, 1.165) is 0 Å².